The lowest BCUT2D eigenvalue weighted by atomic mass is 9.75. The Labute approximate surface area is 249 Å². The van der Waals surface area contributed by atoms with Crippen LogP contribution in [0.15, 0.2) is 24.3 Å². The van der Waals surface area contributed by atoms with Crippen LogP contribution in [0.2, 0.25) is 0 Å². The fraction of sp³-hybridized carbons (Fsp3) is 0.548. The van der Waals surface area contributed by atoms with Crippen LogP contribution in [0.1, 0.15) is 47.9 Å². The molecule has 4 aliphatic rings. The maximum absolute atomic E-state index is 10.0. The van der Waals surface area contributed by atoms with Gasteiger partial charge in [-0.3, -0.25) is 4.90 Å². The number of methoxy groups -OCH3 is 2. The van der Waals surface area contributed by atoms with E-state index in [2.05, 4.69) is 22.2 Å². The summed E-state index contributed by atoms with van der Waals surface area (Å²) in [5.41, 5.74) is 4.87. The van der Waals surface area contributed by atoms with Gasteiger partial charge in [0, 0.05) is 23.2 Å². The van der Waals surface area contributed by atoms with E-state index >= 15 is 0 Å². The molecule has 2 fully saturated rings. The van der Waals surface area contributed by atoms with Gasteiger partial charge in [0.2, 0.25) is 0 Å². The van der Waals surface area contributed by atoms with E-state index in [0.717, 1.165) is 67.2 Å². The van der Waals surface area contributed by atoms with Gasteiger partial charge in [0.25, 0.3) is 0 Å². The summed E-state index contributed by atoms with van der Waals surface area (Å²) >= 11 is 0. The first-order chi connectivity index (χ1) is 18.0. The number of phenols is 2. The van der Waals surface area contributed by atoms with Crippen molar-refractivity contribution in [3.63, 3.8) is 0 Å². The topological polar surface area (TPSA) is 74.2 Å². The Morgan fingerprint density at radius 2 is 1.67 bits per heavy atom. The van der Waals surface area contributed by atoms with E-state index in [9.17, 15) is 10.2 Å². The predicted octanol–water partition coefficient (Wildman–Crippen LogP) is 5.08. The normalized spacial score (nSPS) is 24.8. The molecule has 0 aromatic heterocycles. The van der Waals surface area contributed by atoms with Gasteiger partial charge in [-0.2, -0.15) is 0 Å². The number of hydrogen-bond acceptors (Lipinski definition) is 6. The van der Waals surface area contributed by atoms with Crippen LogP contribution in [0.4, 0.5) is 0 Å². The lowest BCUT2D eigenvalue weighted by molar-refractivity contribution is 0.0985. The third-order valence-corrected chi connectivity index (χ3v) is 8.96. The van der Waals surface area contributed by atoms with E-state index < -0.39 is 0 Å². The monoisotopic (exact) mass is 620 g/mol. The number of nitrogens with one attached hydrogen (secondary N) is 1. The minimum Gasteiger partial charge on any atom is -0.504 e. The maximum Gasteiger partial charge on any atom is 0.164 e. The lowest BCUT2D eigenvalue weighted by Gasteiger charge is -2.44. The molecule has 0 amide bonds. The second-order valence-electron chi connectivity index (χ2n) is 10.9. The van der Waals surface area contributed by atoms with Crippen molar-refractivity contribution in [2.24, 2.45) is 11.8 Å². The Hall–Kier alpha value is -2.11. The Balaban J connectivity index is 0.000000205. The number of benzene rings is 2. The zero-order chi connectivity index (χ0) is 25.9. The summed E-state index contributed by atoms with van der Waals surface area (Å²) in [6.07, 6.45) is 14.4. The quantitative estimate of drug-likeness (QED) is 0.328. The number of piperidine rings is 2. The molecule has 2 heterocycles. The third kappa shape index (κ3) is 6.46. The Morgan fingerprint density at radius 1 is 0.949 bits per heavy atom. The van der Waals surface area contributed by atoms with Gasteiger partial charge in [-0.1, -0.05) is 18.1 Å². The smallest absolute Gasteiger partial charge is 0.164 e. The number of hydrogen-bond donors (Lipinski definition) is 3. The predicted molar refractivity (Wildman–Crippen MR) is 163 cm³/mol. The molecule has 0 unspecified atom stereocenters. The van der Waals surface area contributed by atoms with E-state index in [-0.39, 0.29) is 40.9 Å². The van der Waals surface area contributed by atoms with Crippen molar-refractivity contribution in [3.05, 3.63) is 46.5 Å². The first-order valence-electron chi connectivity index (χ1n) is 13.7. The van der Waals surface area contributed by atoms with Gasteiger partial charge in [-0.25, -0.2) is 0 Å². The molecule has 0 spiro atoms. The Bertz CT molecular complexity index is 1170. The largest absolute Gasteiger partial charge is 0.504 e. The van der Waals surface area contributed by atoms with Crippen molar-refractivity contribution in [2.45, 2.75) is 63.5 Å². The van der Waals surface area contributed by atoms with Crippen LogP contribution in [0.3, 0.4) is 0 Å². The molecule has 3 N–H and O–H groups in total. The van der Waals surface area contributed by atoms with Crippen molar-refractivity contribution in [1.82, 2.24) is 10.2 Å². The van der Waals surface area contributed by atoms with E-state index in [0.29, 0.717) is 24.5 Å². The molecule has 2 aliphatic carbocycles. The molecular formula is C31H42BrClN2O4. The number of terminal acetylenes is 1. The second-order valence-corrected chi connectivity index (χ2v) is 10.9. The number of aromatic hydroxyl groups is 2. The van der Waals surface area contributed by atoms with Gasteiger partial charge >= 0.3 is 0 Å². The highest BCUT2D eigenvalue weighted by atomic mass is 79.9. The van der Waals surface area contributed by atoms with Crippen molar-refractivity contribution in [1.29, 1.82) is 0 Å². The van der Waals surface area contributed by atoms with Crippen LogP contribution in [-0.4, -0.2) is 61.1 Å². The molecule has 2 aromatic rings. The van der Waals surface area contributed by atoms with E-state index in [1.54, 1.807) is 20.3 Å². The molecule has 2 saturated heterocycles. The average Bonchev–Trinajstić information content (AvgIpc) is 2.93. The number of likely N-dealkylation sites (tertiary alicyclic amines) is 1. The molecule has 39 heavy (non-hydrogen) atoms. The molecular weight excluding hydrogens is 580 g/mol. The van der Waals surface area contributed by atoms with Crippen LogP contribution < -0.4 is 14.8 Å². The van der Waals surface area contributed by atoms with Gasteiger partial charge in [0.05, 0.1) is 20.8 Å². The number of phenolic OH excluding ortho intramolecular Hbond substituents is 2. The summed E-state index contributed by atoms with van der Waals surface area (Å²) in [7, 11) is 3.45. The van der Waals surface area contributed by atoms with Crippen molar-refractivity contribution >= 4 is 29.4 Å². The molecule has 4 atom stereocenters. The molecule has 0 saturated carbocycles. The van der Waals surface area contributed by atoms with E-state index in [1.165, 1.54) is 36.9 Å². The summed E-state index contributed by atoms with van der Waals surface area (Å²) in [6, 6.07) is 8.89. The number of ether oxygens (including phenoxy) is 2. The summed E-state index contributed by atoms with van der Waals surface area (Å²) in [5, 5.41) is 23.3. The Morgan fingerprint density at radius 3 is 2.41 bits per heavy atom. The first kappa shape index (κ1) is 31.4. The van der Waals surface area contributed by atoms with E-state index in [1.807, 2.05) is 12.1 Å². The summed E-state index contributed by atoms with van der Waals surface area (Å²) in [4.78, 5) is 2.39. The van der Waals surface area contributed by atoms with Gasteiger partial charge in [-0.15, -0.1) is 35.8 Å². The minimum atomic E-state index is -0.00603. The number of halogens is 2. The molecule has 6 rings (SSSR count). The molecule has 214 valence electrons. The molecule has 0 bridgehead atoms. The minimum absolute atomic E-state index is 0. The van der Waals surface area contributed by atoms with Gasteiger partial charge < -0.3 is 25.0 Å². The number of fused-ring (bicyclic) bond motifs is 4. The van der Waals surface area contributed by atoms with Gasteiger partial charge in [-0.05, 0) is 99.6 Å². The summed E-state index contributed by atoms with van der Waals surface area (Å²) < 4.78 is 11.0. The van der Waals surface area contributed by atoms with Crippen LogP contribution in [-0.2, 0) is 25.7 Å². The van der Waals surface area contributed by atoms with Crippen molar-refractivity contribution in [3.8, 4) is 35.3 Å². The van der Waals surface area contributed by atoms with Crippen molar-refractivity contribution < 1.29 is 19.7 Å². The fourth-order valence-electron chi connectivity index (χ4n) is 7.08. The first-order valence-corrected chi connectivity index (χ1v) is 13.7. The fourth-order valence-corrected chi connectivity index (χ4v) is 7.08. The number of rotatable bonds is 3. The zero-order valence-corrected chi connectivity index (χ0v) is 25.5. The Kier molecular flexibility index (Phi) is 11.3. The summed E-state index contributed by atoms with van der Waals surface area (Å²) in [6.45, 7) is 2.95. The SMILES string of the molecule is Br.C#CCN1CCC[C@@H]2Cc3c(ccc(O)c3O)C[C@H]21.COc1ccc2c(c1OC)C[C@H]1CCCN[C@@H]1C2.Cl. The highest BCUT2D eigenvalue weighted by Gasteiger charge is 2.36. The van der Waals surface area contributed by atoms with Gasteiger partial charge in [0.1, 0.15) is 0 Å². The van der Waals surface area contributed by atoms with Crippen LogP contribution in [0, 0.1) is 24.2 Å². The van der Waals surface area contributed by atoms with Gasteiger partial charge in [0.15, 0.2) is 23.0 Å². The molecule has 2 aromatic carbocycles. The highest BCUT2D eigenvalue weighted by molar-refractivity contribution is 8.93. The standard InChI is InChI=1S/C16H19NO2.C15H21NO2.BrH.ClH/c1-2-7-17-8-3-4-12-9-13-11(10-14(12)17)5-6-15(18)16(13)19;1-17-14-6-5-10-9-13-11(4-3-7-16-13)8-12(10)15(14)18-2;;/h1,5-6,12,14,18-19H,3-4,7-10H2;5-6,11,13,16H,3-4,7-9H2,1-2H3;2*1H/t12-,14-;11-,13-;;/m11../s1. The zero-order valence-electron chi connectivity index (χ0n) is 22.9. The molecule has 8 heteroatoms. The van der Waals surface area contributed by atoms with E-state index in [4.69, 9.17) is 15.9 Å². The maximum atomic E-state index is 10.0. The highest BCUT2D eigenvalue weighted by Crippen LogP contribution is 2.42. The van der Waals surface area contributed by atoms with Crippen LogP contribution >= 0.6 is 29.4 Å². The van der Waals surface area contributed by atoms with Crippen LogP contribution in [0.5, 0.6) is 23.0 Å². The second kappa shape index (κ2) is 14.0. The number of nitrogens with zero attached hydrogens (tertiary/aromatic N) is 1. The summed E-state index contributed by atoms with van der Waals surface area (Å²) in [5.74, 6) is 5.92. The molecule has 0 radical (unpaired) electrons. The molecule has 2 aliphatic heterocycles. The average molecular weight is 622 g/mol. The lowest BCUT2D eigenvalue weighted by Crippen LogP contribution is -2.49. The molecule has 6 nitrogen and oxygen atoms in total. The third-order valence-electron chi connectivity index (χ3n) is 8.96. The van der Waals surface area contributed by atoms with Crippen LogP contribution in [0.25, 0.3) is 0 Å². The van der Waals surface area contributed by atoms with Crippen molar-refractivity contribution in [2.75, 3.05) is 33.9 Å².